The summed E-state index contributed by atoms with van der Waals surface area (Å²) in [7, 11) is 0. The highest BCUT2D eigenvalue weighted by Gasteiger charge is 2.06. The molecule has 1 nitrogen and oxygen atoms in total. The van der Waals surface area contributed by atoms with Crippen molar-refractivity contribution >= 4 is 23.4 Å². The van der Waals surface area contributed by atoms with E-state index in [9.17, 15) is 0 Å². The first-order valence-corrected chi connectivity index (χ1v) is 7.25. The van der Waals surface area contributed by atoms with Crippen LogP contribution in [0.4, 0.5) is 0 Å². The second-order valence-corrected chi connectivity index (χ2v) is 5.62. The molecule has 1 aromatic rings. The van der Waals surface area contributed by atoms with Crippen molar-refractivity contribution in [3.05, 3.63) is 40.9 Å². The molecule has 1 N–H and O–H groups in total. The van der Waals surface area contributed by atoms with Crippen LogP contribution in [0.2, 0.25) is 5.02 Å². The van der Waals surface area contributed by atoms with Gasteiger partial charge in [-0.1, -0.05) is 42.3 Å². The second kappa shape index (κ2) is 7.80. The van der Waals surface area contributed by atoms with E-state index < -0.39 is 0 Å². The summed E-state index contributed by atoms with van der Waals surface area (Å²) in [5.41, 5.74) is 1.34. The van der Waals surface area contributed by atoms with Gasteiger partial charge in [-0.2, -0.15) is 0 Å². The maximum Gasteiger partial charge on any atom is 0.0541 e. The summed E-state index contributed by atoms with van der Waals surface area (Å²) in [4.78, 5) is 1.15. The Morgan fingerprint density at radius 1 is 1.41 bits per heavy atom. The number of hydrogen-bond donors (Lipinski definition) is 1. The lowest BCUT2D eigenvalue weighted by atomic mass is 10.2. The molecule has 0 fully saturated rings. The van der Waals surface area contributed by atoms with E-state index in [2.05, 4.69) is 38.2 Å². The van der Waals surface area contributed by atoms with E-state index >= 15 is 0 Å². The molecule has 1 rings (SSSR count). The van der Waals surface area contributed by atoms with Gasteiger partial charge in [0.15, 0.2) is 0 Å². The van der Waals surface area contributed by atoms with Crippen LogP contribution < -0.4 is 5.32 Å². The van der Waals surface area contributed by atoms with E-state index in [1.165, 1.54) is 5.57 Å². The van der Waals surface area contributed by atoms with Gasteiger partial charge in [-0.25, -0.2) is 0 Å². The fraction of sp³-hybridized carbons (Fsp3) is 0.429. The standard InChI is InChI=1S/C14H20ClNS/c1-4-16-12(9-11(2)3)10-17-14-8-6-5-7-13(14)15/h5-9,12,16H,4,10H2,1-3H3. The largest absolute Gasteiger partial charge is 0.310 e. The zero-order chi connectivity index (χ0) is 12.7. The smallest absolute Gasteiger partial charge is 0.0541 e. The van der Waals surface area contributed by atoms with Gasteiger partial charge in [-0.05, 0) is 32.5 Å². The van der Waals surface area contributed by atoms with Crippen molar-refractivity contribution in [2.24, 2.45) is 0 Å². The minimum atomic E-state index is 0.409. The molecule has 0 aliphatic rings. The van der Waals surface area contributed by atoms with Crippen molar-refractivity contribution in [1.29, 1.82) is 0 Å². The molecule has 1 aromatic carbocycles. The molecule has 0 aliphatic heterocycles. The third-order valence-electron chi connectivity index (χ3n) is 2.26. The van der Waals surface area contributed by atoms with Crippen molar-refractivity contribution in [3.63, 3.8) is 0 Å². The van der Waals surface area contributed by atoms with Crippen LogP contribution in [0, 0.1) is 0 Å². The fourth-order valence-electron chi connectivity index (χ4n) is 1.57. The SMILES string of the molecule is CCNC(C=C(C)C)CSc1ccccc1Cl. The molecule has 1 unspecified atom stereocenters. The molecule has 0 radical (unpaired) electrons. The summed E-state index contributed by atoms with van der Waals surface area (Å²) in [5.74, 6) is 1.00. The highest BCUT2D eigenvalue weighted by molar-refractivity contribution is 7.99. The number of nitrogens with one attached hydrogen (secondary N) is 1. The Kier molecular flexibility index (Phi) is 6.71. The van der Waals surface area contributed by atoms with E-state index in [0.29, 0.717) is 6.04 Å². The maximum atomic E-state index is 6.13. The van der Waals surface area contributed by atoms with Crippen molar-refractivity contribution in [1.82, 2.24) is 5.32 Å². The van der Waals surface area contributed by atoms with Crippen molar-refractivity contribution in [2.75, 3.05) is 12.3 Å². The van der Waals surface area contributed by atoms with Crippen LogP contribution in [0.5, 0.6) is 0 Å². The molecule has 0 bridgehead atoms. The first-order valence-electron chi connectivity index (χ1n) is 5.89. The molecule has 17 heavy (non-hydrogen) atoms. The Balaban J connectivity index is 2.58. The number of halogens is 1. The van der Waals surface area contributed by atoms with Crippen LogP contribution in [0.1, 0.15) is 20.8 Å². The molecule has 0 heterocycles. The van der Waals surface area contributed by atoms with Crippen molar-refractivity contribution in [2.45, 2.75) is 31.7 Å². The topological polar surface area (TPSA) is 12.0 Å². The van der Waals surface area contributed by atoms with Crippen LogP contribution in [0.15, 0.2) is 40.8 Å². The molecular weight excluding hydrogens is 250 g/mol. The third-order valence-corrected chi connectivity index (χ3v) is 3.89. The Morgan fingerprint density at radius 3 is 2.71 bits per heavy atom. The summed E-state index contributed by atoms with van der Waals surface area (Å²) < 4.78 is 0. The van der Waals surface area contributed by atoms with Crippen LogP contribution in [0.3, 0.4) is 0 Å². The molecule has 0 aromatic heterocycles. The lowest BCUT2D eigenvalue weighted by Gasteiger charge is -2.14. The first kappa shape index (κ1) is 14.6. The van der Waals surface area contributed by atoms with Crippen LogP contribution in [-0.2, 0) is 0 Å². The van der Waals surface area contributed by atoms with Crippen LogP contribution in [0.25, 0.3) is 0 Å². The predicted molar refractivity (Wildman–Crippen MR) is 79.1 cm³/mol. The zero-order valence-electron chi connectivity index (χ0n) is 10.7. The molecule has 94 valence electrons. The summed E-state index contributed by atoms with van der Waals surface area (Å²) >= 11 is 7.93. The van der Waals surface area contributed by atoms with Gasteiger partial charge in [0, 0.05) is 16.7 Å². The number of thioether (sulfide) groups is 1. The fourth-order valence-corrected chi connectivity index (χ4v) is 2.83. The van der Waals surface area contributed by atoms with Gasteiger partial charge in [0.1, 0.15) is 0 Å². The minimum absolute atomic E-state index is 0.409. The molecule has 0 amide bonds. The number of rotatable bonds is 6. The predicted octanol–water partition coefficient (Wildman–Crippen LogP) is 4.38. The summed E-state index contributed by atoms with van der Waals surface area (Å²) in [5, 5.41) is 4.30. The Labute approximate surface area is 114 Å². The van der Waals surface area contributed by atoms with Gasteiger partial charge >= 0.3 is 0 Å². The van der Waals surface area contributed by atoms with Gasteiger partial charge < -0.3 is 5.32 Å². The van der Waals surface area contributed by atoms with E-state index in [-0.39, 0.29) is 0 Å². The van der Waals surface area contributed by atoms with E-state index in [0.717, 1.165) is 22.2 Å². The van der Waals surface area contributed by atoms with E-state index in [4.69, 9.17) is 11.6 Å². The molecule has 0 spiro atoms. The summed E-state index contributed by atoms with van der Waals surface area (Å²) in [6, 6.07) is 8.40. The van der Waals surface area contributed by atoms with E-state index in [1.807, 2.05) is 18.2 Å². The molecule has 0 saturated heterocycles. The highest BCUT2D eigenvalue weighted by Crippen LogP contribution is 2.27. The molecule has 3 heteroatoms. The number of allylic oxidation sites excluding steroid dienone is 1. The lowest BCUT2D eigenvalue weighted by molar-refractivity contribution is 0.665. The Bertz CT molecular complexity index is 372. The van der Waals surface area contributed by atoms with Crippen molar-refractivity contribution in [3.8, 4) is 0 Å². The maximum absolute atomic E-state index is 6.13. The number of likely N-dealkylation sites (N-methyl/N-ethyl adjacent to an activating group) is 1. The molecule has 1 atom stereocenters. The van der Waals surface area contributed by atoms with Gasteiger partial charge in [0.05, 0.1) is 5.02 Å². The molecule has 0 saturated carbocycles. The van der Waals surface area contributed by atoms with Gasteiger partial charge in [0.25, 0.3) is 0 Å². The monoisotopic (exact) mass is 269 g/mol. The zero-order valence-corrected chi connectivity index (χ0v) is 12.2. The molecular formula is C14H20ClNS. The van der Waals surface area contributed by atoms with Crippen molar-refractivity contribution < 1.29 is 0 Å². The summed E-state index contributed by atoms with van der Waals surface area (Å²) in [6.07, 6.45) is 2.27. The Morgan fingerprint density at radius 2 is 2.12 bits per heavy atom. The third kappa shape index (κ3) is 5.62. The first-order chi connectivity index (χ1) is 8.13. The average Bonchev–Trinajstić information content (AvgIpc) is 2.27. The molecule has 0 aliphatic carbocycles. The van der Waals surface area contributed by atoms with E-state index in [1.54, 1.807) is 11.8 Å². The second-order valence-electron chi connectivity index (χ2n) is 4.15. The quantitative estimate of drug-likeness (QED) is 0.608. The van der Waals surface area contributed by atoms with Gasteiger partial charge in [-0.15, -0.1) is 11.8 Å². The lowest BCUT2D eigenvalue weighted by Crippen LogP contribution is -2.29. The highest BCUT2D eigenvalue weighted by atomic mass is 35.5. The minimum Gasteiger partial charge on any atom is -0.310 e. The van der Waals surface area contributed by atoms with Gasteiger partial charge in [-0.3, -0.25) is 0 Å². The van der Waals surface area contributed by atoms with Gasteiger partial charge in [0.2, 0.25) is 0 Å². The normalized spacial score (nSPS) is 12.2. The average molecular weight is 270 g/mol. The summed E-state index contributed by atoms with van der Waals surface area (Å²) in [6.45, 7) is 7.37. The number of benzene rings is 1. The number of hydrogen-bond acceptors (Lipinski definition) is 2. The Hall–Kier alpha value is -0.440. The van der Waals surface area contributed by atoms with Crippen LogP contribution >= 0.6 is 23.4 Å². The van der Waals surface area contributed by atoms with Crippen LogP contribution in [-0.4, -0.2) is 18.3 Å².